The fraction of sp³-hybridized carbons (Fsp3) is 0.182. The zero-order chi connectivity index (χ0) is 12.3. The van der Waals surface area contributed by atoms with Gasteiger partial charge in [0.15, 0.2) is 0 Å². The first-order valence-electron chi connectivity index (χ1n) is 4.33. The molecule has 1 nitrogen and oxygen atoms in total. The molecule has 0 bridgehead atoms. The first kappa shape index (κ1) is 12.5. The van der Waals surface area contributed by atoms with Gasteiger partial charge in [0.25, 0.3) is 0 Å². The third kappa shape index (κ3) is 3.56. The Morgan fingerprint density at radius 1 is 1.25 bits per heavy atom. The van der Waals surface area contributed by atoms with E-state index in [1.54, 1.807) is 0 Å². The predicted molar refractivity (Wildman–Crippen MR) is 51.4 cm³/mol. The predicted octanol–water partition coefficient (Wildman–Crippen LogP) is 3.83. The van der Waals surface area contributed by atoms with Crippen LogP contribution in [0.1, 0.15) is 11.5 Å². The number of alkyl halides is 3. The minimum Gasteiger partial charge on any atom is -0.406 e. The molecule has 5 heteroatoms. The lowest BCUT2D eigenvalue weighted by Crippen LogP contribution is -2.17. The van der Waals surface area contributed by atoms with Crippen molar-refractivity contribution in [3.63, 3.8) is 0 Å². The van der Waals surface area contributed by atoms with Crippen molar-refractivity contribution in [1.29, 1.82) is 0 Å². The molecule has 87 valence electrons. The van der Waals surface area contributed by atoms with Gasteiger partial charge in [0.1, 0.15) is 11.6 Å². The summed E-state index contributed by atoms with van der Waals surface area (Å²) in [7, 11) is 0. The molecule has 1 atom stereocenters. The Hall–Kier alpha value is -1.52. The van der Waals surface area contributed by atoms with Gasteiger partial charge in [0, 0.05) is 12.0 Å². The summed E-state index contributed by atoms with van der Waals surface area (Å²) in [5.41, 5.74) is 0.272. The van der Waals surface area contributed by atoms with Crippen LogP contribution >= 0.6 is 0 Å². The summed E-state index contributed by atoms with van der Waals surface area (Å²) in [5.74, 6) is -1.91. The molecule has 16 heavy (non-hydrogen) atoms. The number of rotatable bonds is 3. The van der Waals surface area contributed by atoms with Crippen molar-refractivity contribution in [2.75, 3.05) is 0 Å². The van der Waals surface area contributed by atoms with Gasteiger partial charge < -0.3 is 4.74 Å². The van der Waals surface area contributed by atoms with Crippen molar-refractivity contribution in [1.82, 2.24) is 0 Å². The van der Waals surface area contributed by atoms with Crippen molar-refractivity contribution in [2.24, 2.45) is 0 Å². The van der Waals surface area contributed by atoms with Crippen LogP contribution in [0, 0.1) is 12.7 Å². The highest BCUT2D eigenvalue weighted by atomic mass is 19.4. The van der Waals surface area contributed by atoms with Gasteiger partial charge in [-0.15, -0.1) is 19.8 Å². The van der Waals surface area contributed by atoms with Gasteiger partial charge in [-0.25, -0.2) is 4.39 Å². The lowest BCUT2D eigenvalue weighted by molar-refractivity contribution is -0.274. The van der Waals surface area contributed by atoms with Crippen molar-refractivity contribution < 1.29 is 22.3 Å². The maximum atomic E-state index is 13.0. The Balaban J connectivity index is 3.03. The summed E-state index contributed by atoms with van der Waals surface area (Å²) < 4.78 is 52.3. The van der Waals surface area contributed by atoms with Crippen molar-refractivity contribution in [2.45, 2.75) is 12.3 Å². The summed E-state index contributed by atoms with van der Waals surface area (Å²) in [6, 6.07) is 2.82. The van der Waals surface area contributed by atoms with Crippen LogP contribution < -0.4 is 4.74 Å². The van der Waals surface area contributed by atoms with Crippen LogP contribution in [0.4, 0.5) is 17.6 Å². The van der Waals surface area contributed by atoms with Gasteiger partial charge in [0.2, 0.25) is 0 Å². The summed E-state index contributed by atoms with van der Waals surface area (Å²) in [6.07, 6.45) is -3.44. The van der Waals surface area contributed by atoms with Crippen LogP contribution in [0.2, 0.25) is 0 Å². The van der Waals surface area contributed by atoms with E-state index < -0.39 is 23.8 Å². The van der Waals surface area contributed by atoms with Gasteiger partial charge >= 0.3 is 6.36 Å². The second-order valence-corrected chi connectivity index (χ2v) is 3.11. The van der Waals surface area contributed by atoms with Crippen LogP contribution in [-0.4, -0.2) is 6.36 Å². The normalized spacial score (nSPS) is 13.3. The van der Waals surface area contributed by atoms with E-state index in [0.29, 0.717) is 6.07 Å². The van der Waals surface area contributed by atoms with E-state index in [4.69, 9.17) is 0 Å². The molecular weight excluding hydrogens is 224 g/mol. The zero-order valence-electron chi connectivity index (χ0n) is 8.22. The minimum atomic E-state index is -4.84. The molecule has 0 amide bonds. The van der Waals surface area contributed by atoms with E-state index in [9.17, 15) is 17.6 Å². The van der Waals surface area contributed by atoms with Crippen molar-refractivity contribution in [3.8, 4) is 5.75 Å². The molecule has 0 saturated heterocycles. The Labute approximate surface area is 90.3 Å². The SMILES string of the molecule is [CH2]C(C=C)c1cc(F)cc(OC(F)(F)F)c1. The first-order valence-corrected chi connectivity index (χ1v) is 4.33. The monoisotopic (exact) mass is 233 g/mol. The van der Waals surface area contributed by atoms with Gasteiger partial charge in [-0.05, 0) is 24.6 Å². The summed E-state index contributed by atoms with van der Waals surface area (Å²) in [4.78, 5) is 0. The number of hydrogen-bond donors (Lipinski definition) is 0. The molecule has 0 heterocycles. The average molecular weight is 233 g/mol. The van der Waals surface area contributed by atoms with Crippen molar-refractivity contribution >= 4 is 0 Å². The highest BCUT2D eigenvalue weighted by molar-refractivity contribution is 5.34. The molecule has 0 aliphatic heterocycles. The van der Waals surface area contributed by atoms with Gasteiger partial charge in [-0.2, -0.15) is 0 Å². The summed E-state index contributed by atoms with van der Waals surface area (Å²) in [5, 5.41) is 0. The third-order valence-electron chi connectivity index (χ3n) is 1.84. The van der Waals surface area contributed by atoms with E-state index >= 15 is 0 Å². The van der Waals surface area contributed by atoms with E-state index in [0.717, 1.165) is 12.1 Å². The van der Waals surface area contributed by atoms with Gasteiger partial charge in [0.05, 0.1) is 0 Å². The minimum absolute atomic E-state index is 0.272. The molecule has 0 saturated carbocycles. The number of allylic oxidation sites excluding steroid dienone is 1. The summed E-state index contributed by atoms with van der Waals surface area (Å²) >= 11 is 0. The van der Waals surface area contributed by atoms with Crippen LogP contribution in [-0.2, 0) is 0 Å². The molecule has 0 spiro atoms. The standard InChI is InChI=1S/C11H9F4O/c1-3-7(2)8-4-9(12)6-10(5-8)16-11(13,14)15/h3-7H,1-2H2. The van der Waals surface area contributed by atoms with E-state index in [1.165, 1.54) is 6.08 Å². The van der Waals surface area contributed by atoms with E-state index in [-0.39, 0.29) is 5.56 Å². The molecule has 0 aromatic heterocycles. The summed E-state index contributed by atoms with van der Waals surface area (Å²) in [6.45, 7) is 7.01. The highest BCUT2D eigenvalue weighted by Crippen LogP contribution is 2.27. The van der Waals surface area contributed by atoms with E-state index in [1.807, 2.05) is 0 Å². The molecule has 0 N–H and O–H groups in total. The molecule has 1 unspecified atom stereocenters. The van der Waals surface area contributed by atoms with Crippen LogP contribution in [0.5, 0.6) is 5.75 Å². The topological polar surface area (TPSA) is 9.23 Å². The first-order chi connectivity index (χ1) is 7.31. The van der Waals surface area contributed by atoms with Gasteiger partial charge in [-0.1, -0.05) is 6.08 Å². The Morgan fingerprint density at radius 2 is 1.88 bits per heavy atom. The lowest BCUT2D eigenvalue weighted by atomic mass is 10.0. The Kier molecular flexibility index (Phi) is 3.57. The fourth-order valence-electron chi connectivity index (χ4n) is 1.13. The maximum Gasteiger partial charge on any atom is 0.573 e. The number of benzene rings is 1. The second kappa shape index (κ2) is 4.55. The quantitative estimate of drug-likeness (QED) is 0.569. The van der Waals surface area contributed by atoms with Crippen LogP contribution in [0.3, 0.4) is 0 Å². The smallest absolute Gasteiger partial charge is 0.406 e. The Morgan fingerprint density at radius 3 is 2.38 bits per heavy atom. The highest BCUT2D eigenvalue weighted by Gasteiger charge is 2.31. The van der Waals surface area contributed by atoms with Crippen LogP contribution in [0.15, 0.2) is 30.9 Å². The molecular formula is C11H9F4O. The average Bonchev–Trinajstić information content (AvgIpc) is 2.12. The van der Waals surface area contributed by atoms with Crippen molar-refractivity contribution in [3.05, 3.63) is 49.2 Å². The third-order valence-corrected chi connectivity index (χ3v) is 1.84. The number of halogens is 4. The molecule has 1 aromatic carbocycles. The molecule has 0 fully saturated rings. The lowest BCUT2D eigenvalue weighted by Gasteiger charge is -2.12. The molecule has 0 aliphatic rings. The number of hydrogen-bond acceptors (Lipinski definition) is 1. The molecule has 1 rings (SSSR count). The van der Waals surface area contributed by atoms with Gasteiger partial charge in [-0.3, -0.25) is 0 Å². The molecule has 1 aromatic rings. The zero-order valence-corrected chi connectivity index (χ0v) is 8.22. The maximum absolute atomic E-state index is 13.0. The fourth-order valence-corrected chi connectivity index (χ4v) is 1.13. The molecule has 1 radical (unpaired) electrons. The Bertz CT molecular complexity index is 384. The van der Waals surface area contributed by atoms with E-state index in [2.05, 4.69) is 18.2 Å². The van der Waals surface area contributed by atoms with Crippen LogP contribution in [0.25, 0.3) is 0 Å². The second-order valence-electron chi connectivity index (χ2n) is 3.11. The largest absolute Gasteiger partial charge is 0.573 e. The molecule has 0 aliphatic carbocycles. The number of ether oxygens (including phenoxy) is 1.